The highest BCUT2D eigenvalue weighted by Gasteiger charge is 2.55. The molecule has 1 amide bonds. The molecule has 1 rings (SSSR count). The number of carbonyl (C=O) groups excluding carboxylic acids is 1. The zero-order valence-electron chi connectivity index (χ0n) is 11.9. The van der Waals surface area contributed by atoms with E-state index in [4.69, 9.17) is 0 Å². The second kappa shape index (κ2) is 4.58. The second-order valence-electron chi connectivity index (χ2n) is 6.51. The number of nitrogens with zero attached hydrogens (tertiary/aromatic N) is 1. The molecule has 1 aliphatic rings. The highest BCUT2D eigenvalue weighted by molar-refractivity contribution is 5.88. The summed E-state index contributed by atoms with van der Waals surface area (Å²) < 4.78 is 0. The Morgan fingerprint density at radius 1 is 1.18 bits per heavy atom. The van der Waals surface area contributed by atoms with E-state index in [2.05, 4.69) is 33.0 Å². The van der Waals surface area contributed by atoms with Crippen LogP contribution in [0.1, 0.15) is 54.4 Å². The lowest BCUT2D eigenvalue weighted by Crippen LogP contribution is -2.53. The van der Waals surface area contributed by atoms with Crippen molar-refractivity contribution in [1.82, 2.24) is 10.4 Å². The summed E-state index contributed by atoms with van der Waals surface area (Å²) in [6.45, 7) is 12.0. The maximum Gasteiger partial charge on any atom is 0.244 e. The molecule has 1 saturated heterocycles. The van der Waals surface area contributed by atoms with Gasteiger partial charge in [-0.05, 0) is 38.5 Å². The molecule has 2 N–H and O–H groups in total. The van der Waals surface area contributed by atoms with Crippen LogP contribution in [0.2, 0.25) is 0 Å². The predicted molar refractivity (Wildman–Crippen MR) is 67.5 cm³/mol. The molecule has 1 fully saturated rings. The van der Waals surface area contributed by atoms with Crippen LogP contribution in [0.15, 0.2) is 0 Å². The Morgan fingerprint density at radius 2 is 1.65 bits per heavy atom. The third kappa shape index (κ3) is 2.63. The number of hydroxylamine groups is 2. The Kier molecular flexibility index (Phi) is 3.89. The zero-order chi connectivity index (χ0) is 13.4. The molecule has 0 aromatic heterocycles. The summed E-state index contributed by atoms with van der Waals surface area (Å²) in [5.74, 6) is 0.704. The summed E-state index contributed by atoms with van der Waals surface area (Å²) in [5, 5.41) is 14.6. The summed E-state index contributed by atoms with van der Waals surface area (Å²) in [7, 11) is 0. The average molecular weight is 242 g/mol. The van der Waals surface area contributed by atoms with Crippen LogP contribution in [0.25, 0.3) is 0 Å². The van der Waals surface area contributed by atoms with Crippen molar-refractivity contribution in [2.75, 3.05) is 0 Å². The van der Waals surface area contributed by atoms with Crippen molar-refractivity contribution in [3.8, 4) is 0 Å². The van der Waals surface area contributed by atoms with Crippen LogP contribution < -0.4 is 5.32 Å². The van der Waals surface area contributed by atoms with E-state index >= 15 is 0 Å². The Bertz CT molecular complexity index is 304. The minimum atomic E-state index is -0.808. The van der Waals surface area contributed by atoms with Gasteiger partial charge in [-0.3, -0.25) is 4.79 Å². The van der Waals surface area contributed by atoms with Gasteiger partial charge in [0.25, 0.3) is 0 Å². The lowest BCUT2D eigenvalue weighted by atomic mass is 9.90. The normalized spacial score (nSPS) is 34.8. The highest BCUT2D eigenvalue weighted by Crippen LogP contribution is 2.37. The van der Waals surface area contributed by atoms with Crippen LogP contribution >= 0.6 is 0 Å². The number of rotatable bonds is 4. The number of hydrogen-bond acceptors (Lipinski definition) is 3. The summed E-state index contributed by atoms with van der Waals surface area (Å²) in [4.78, 5) is 12.1. The highest BCUT2D eigenvalue weighted by atomic mass is 16.5. The lowest BCUT2D eigenvalue weighted by molar-refractivity contribution is -0.212. The van der Waals surface area contributed by atoms with Gasteiger partial charge in [-0.2, -0.15) is 5.06 Å². The van der Waals surface area contributed by atoms with Gasteiger partial charge in [-0.1, -0.05) is 27.7 Å². The topological polar surface area (TPSA) is 52.6 Å². The first-order chi connectivity index (χ1) is 7.62. The first-order valence-corrected chi connectivity index (χ1v) is 6.43. The number of nitrogens with one attached hydrogen (secondary N) is 1. The molecule has 1 aliphatic heterocycles. The van der Waals surface area contributed by atoms with Crippen molar-refractivity contribution < 1.29 is 10.0 Å². The molecule has 100 valence electrons. The van der Waals surface area contributed by atoms with Crippen LogP contribution in [0.4, 0.5) is 0 Å². The third-order valence-electron chi connectivity index (χ3n) is 3.42. The lowest BCUT2D eigenvalue weighted by Gasteiger charge is -2.37. The van der Waals surface area contributed by atoms with Crippen LogP contribution in [-0.2, 0) is 4.79 Å². The van der Waals surface area contributed by atoms with Crippen LogP contribution in [0.3, 0.4) is 0 Å². The Morgan fingerprint density at radius 3 is 2.06 bits per heavy atom. The maximum atomic E-state index is 12.1. The molecule has 0 spiro atoms. The molecule has 0 aromatic carbocycles. The molecule has 4 nitrogen and oxygen atoms in total. The van der Waals surface area contributed by atoms with Gasteiger partial charge in [0.15, 0.2) is 0 Å². The van der Waals surface area contributed by atoms with E-state index in [-0.39, 0.29) is 5.91 Å². The summed E-state index contributed by atoms with van der Waals surface area (Å²) in [6.07, 6.45) is 1.39. The van der Waals surface area contributed by atoms with Crippen LogP contribution in [0, 0.1) is 11.8 Å². The molecule has 0 aromatic rings. The molecular weight excluding hydrogens is 216 g/mol. The van der Waals surface area contributed by atoms with Gasteiger partial charge >= 0.3 is 0 Å². The smallest absolute Gasteiger partial charge is 0.244 e. The molecule has 0 radical (unpaired) electrons. The molecule has 0 aliphatic carbocycles. The molecule has 0 bridgehead atoms. The fourth-order valence-corrected chi connectivity index (χ4v) is 2.98. The molecule has 0 saturated carbocycles. The maximum absolute atomic E-state index is 12.1. The first-order valence-electron chi connectivity index (χ1n) is 6.43. The summed E-state index contributed by atoms with van der Waals surface area (Å²) in [6, 6.07) is 0. The fourth-order valence-electron chi connectivity index (χ4n) is 2.98. The summed E-state index contributed by atoms with van der Waals surface area (Å²) in [5.41, 5.74) is -1.45. The average Bonchev–Trinajstić information content (AvgIpc) is 2.26. The predicted octanol–water partition coefficient (Wildman–Crippen LogP) is 2.37. The monoisotopic (exact) mass is 242 g/mol. The standard InChI is InChI=1S/C13H26N2O2/c1-9(2)7-12(5)11(16)14-13(6,15(12)17)8-10(3)4/h9-10,17H,7-8H2,1-6H3,(H,14,16). The molecular formula is C13H26N2O2. The number of carbonyl (C=O) groups is 1. The minimum Gasteiger partial charge on any atom is -0.334 e. The van der Waals surface area contributed by atoms with Crippen molar-refractivity contribution in [2.24, 2.45) is 11.8 Å². The minimum absolute atomic E-state index is 0.0724. The van der Waals surface area contributed by atoms with E-state index in [9.17, 15) is 10.0 Å². The molecule has 17 heavy (non-hydrogen) atoms. The van der Waals surface area contributed by atoms with Crippen molar-refractivity contribution in [3.05, 3.63) is 0 Å². The van der Waals surface area contributed by atoms with Gasteiger partial charge in [0.2, 0.25) is 5.91 Å². The fraction of sp³-hybridized carbons (Fsp3) is 0.923. The van der Waals surface area contributed by atoms with Crippen molar-refractivity contribution in [1.29, 1.82) is 0 Å². The van der Waals surface area contributed by atoms with Gasteiger partial charge < -0.3 is 10.5 Å². The van der Waals surface area contributed by atoms with E-state index in [1.165, 1.54) is 5.06 Å². The largest absolute Gasteiger partial charge is 0.334 e. The van der Waals surface area contributed by atoms with Gasteiger partial charge in [0.1, 0.15) is 11.2 Å². The van der Waals surface area contributed by atoms with Crippen LogP contribution in [0.5, 0.6) is 0 Å². The molecule has 1 heterocycles. The third-order valence-corrected chi connectivity index (χ3v) is 3.42. The van der Waals surface area contributed by atoms with E-state index < -0.39 is 11.2 Å². The van der Waals surface area contributed by atoms with Gasteiger partial charge in [0.05, 0.1) is 0 Å². The van der Waals surface area contributed by atoms with Crippen molar-refractivity contribution >= 4 is 5.91 Å². The summed E-state index contributed by atoms with van der Waals surface area (Å²) >= 11 is 0. The first kappa shape index (κ1) is 14.5. The van der Waals surface area contributed by atoms with Gasteiger partial charge in [-0.15, -0.1) is 0 Å². The Labute approximate surface area is 104 Å². The van der Waals surface area contributed by atoms with E-state index in [0.717, 1.165) is 6.42 Å². The van der Waals surface area contributed by atoms with Gasteiger partial charge in [0, 0.05) is 0 Å². The molecule has 2 unspecified atom stereocenters. The number of hydrogen-bond donors (Lipinski definition) is 2. The van der Waals surface area contributed by atoms with E-state index in [1.54, 1.807) is 0 Å². The van der Waals surface area contributed by atoms with Crippen LogP contribution in [-0.4, -0.2) is 27.4 Å². The second-order valence-corrected chi connectivity index (χ2v) is 6.51. The van der Waals surface area contributed by atoms with E-state index in [1.807, 2.05) is 13.8 Å². The van der Waals surface area contributed by atoms with E-state index in [0.29, 0.717) is 18.3 Å². The number of amides is 1. The molecule has 2 atom stereocenters. The zero-order valence-corrected chi connectivity index (χ0v) is 11.9. The Hall–Kier alpha value is -0.610. The van der Waals surface area contributed by atoms with Crippen molar-refractivity contribution in [2.45, 2.75) is 65.6 Å². The van der Waals surface area contributed by atoms with Crippen molar-refractivity contribution in [3.63, 3.8) is 0 Å². The Balaban J connectivity index is 2.94. The molecule has 4 heteroatoms. The quantitative estimate of drug-likeness (QED) is 0.796. The van der Waals surface area contributed by atoms with Gasteiger partial charge in [-0.25, -0.2) is 0 Å². The SMILES string of the molecule is CC(C)CC1(C)NC(=O)C(C)(CC(C)C)N1O.